The van der Waals surface area contributed by atoms with Crippen LogP contribution in [0.3, 0.4) is 0 Å². The van der Waals surface area contributed by atoms with Crippen molar-refractivity contribution < 1.29 is 0 Å². The fourth-order valence-electron chi connectivity index (χ4n) is 1.18. The molecule has 72 valence electrons. The smallest absolute Gasteiger partial charge is 0.128 e. The number of rotatable bonds is 3. The molecule has 2 aromatic heterocycles. The summed E-state index contributed by atoms with van der Waals surface area (Å²) in [6, 6.07) is 4.19. The molecule has 14 heavy (non-hydrogen) atoms. The van der Waals surface area contributed by atoms with Gasteiger partial charge >= 0.3 is 0 Å². The first-order valence-electron chi connectivity index (χ1n) is 4.43. The first-order valence-corrected chi connectivity index (χ1v) is 5.31. The van der Waals surface area contributed by atoms with Gasteiger partial charge in [-0.25, -0.2) is 9.97 Å². The second-order valence-corrected chi connectivity index (χ2v) is 4.04. The Kier molecular flexibility index (Phi) is 2.74. The Hall–Kier alpha value is -1.42. The summed E-state index contributed by atoms with van der Waals surface area (Å²) >= 11 is 1.77. The molecule has 0 saturated heterocycles. The molecule has 0 unspecified atom stereocenters. The van der Waals surface area contributed by atoms with E-state index in [2.05, 4.69) is 27.5 Å². The van der Waals surface area contributed by atoms with Crippen molar-refractivity contribution in [3.63, 3.8) is 0 Å². The maximum Gasteiger partial charge on any atom is 0.128 e. The quantitative estimate of drug-likeness (QED) is 0.832. The maximum absolute atomic E-state index is 5.49. The number of hydrogen-bond acceptors (Lipinski definition) is 4. The zero-order valence-corrected chi connectivity index (χ0v) is 8.50. The van der Waals surface area contributed by atoms with Crippen LogP contribution in [0.4, 0.5) is 5.69 Å². The van der Waals surface area contributed by atoms with Crippen molar-refractivity contribution in [3.05, 3.63) is 40.6 Å². The van der Waals surface area contributed by atoms with Crippen LogP contribution in [0.2, 0.25) is 0 Å². The van der Waals surface area contributed by atoms with E-state index >= 15 is 0 Å². The second-order valence-electron chi connectivity index (χ2n) is 3.01. The van der Waals surface area contributed by atoms with Gasteiger partial charge in [-0.1, -0.05) is 6.07 Å². The van der Waals surface area contributed by atoms with Gasteiger partial charge in [0.2, 0.25) is 0 Å². The zero-order valence-electron chi connectivity index (χ0n) is 7.68. The minimum atomic E-state index is 0.616. The Morgan fingerprint density at radius 1 is 1.21 bits per heavy atom. The van der Waals surface area contributed by atoms with Gasteiger partial charge in [0.1, 0.15) is 5.82 Å². The van der Waals surface area contributed by atoms with Crippen LogP contribution < -0.4 is 5.73 Å². The van der Waals surface area contributed by atoms with Crippen LogP contribution in [-0.4, -0.2) is 9.97 Å². The number of nitrogens with two attached hydrogens (primary N) is 1. The molecule has 0 atom stereocenters. The van der Waals surface area contributed by atoms with Gasteiger partial charge in [0.25, 0.3) is 0 Å². The predicted molar refractivity (Wildman–Crippen MR) is 58.2 cm³/mol. The summed E-state index contributed by atoms with van der Waals surface area (Å²) in [5.74, 6) is 0.854. The molecular formula is C10H11N3S. The van der Waals surface area contributed by atoms with E-state index < -0.39 is 0 Å². The Bertz CT molecular complexity index is 380. The Labute approximate surface area is 86.6 Å². The summed E-state index contributed by atoms with van der Waals surface area (Å²) in [7, 11) is 0. The third-order valence-electron chi connectivity index (χ3n) is 1.90. The lowest BCUT2D eigenvalue weighted by Gasteiger charge is -1.98. The van der Waals surface area contributed by atoms with Gasteiger partial charge in [-0.05, 0) is 17.9 Å². The molecule has 0 aromatic carbocycles. The highest BCUT2D eigenvalue weighted by Gasteiger charge is 1.98. The Morgan fingerprint density at radius 3 is 2.64 bits per heavy atom. The highest BCUT2D eigenvalue weighted by atomic mass is 32.1. The molecule has 0 bridgehead atoms. The maximum atomic E-state index is 5.49. The number of aromatic nitrogens is 2. The van der Waals surface area contributed by atoms with Crippen LogP contribution in [0.1, 0.15) is 10.7 Å². The molecule has 0 aliphatic rings. The van der Waals surface area contributed by atoms with Gasteiger partial charge in [0.15, 0.2) is 0 Å². The van der Waals surface area contributed by atoms with Crippen LogP contribution in [-0.2, 0) is 12.8 Å². The zero-order chi connectivity index (χ0) is 9.80. The summed E-state index contributed by atoms with van der Waals surface area (Å²) in [4.78, 5) is 9.66. The van der Waals surface area contributed by atoms with Crippen LogP contribution in [0, 0.1) is 0 Å². The SMILES string of the molecule is Nc1cnc(CCc2cccs2)nc1. The first-order chi connectivity index (χ1) is 6.84. The van der Waals surface area contributed by atoms with Crippen molar-refractivity contribution in [3.8, 4) is 0 Å². The molecule has 2 heterocycles. The third-order valence-corrected chi connectivity index (χ3v) is 2.84. The number of nitrogen functional groups attached to an aromatic ring is 1. The predicted octanol–water partition coefficient (Wildman–Crippen LogP) is 1.91. The first kappa shape index (κ1) is 9.15. The van der Waals surface area contributed by atoms with Crippen LogP contribution >= 0.6 is 11.3 Å². The van der Waals surface area contributed by atoms with Crippen LogP contribution in [0.25, 0.3) is 0 Å². The third kappa shape index (κ3) is 2.29. The van der Waals surface area contributed by atoms with Crippen molar-refractivity contribution >= 4 is 17.0 Å². The van der Waals surface area contributed by atoms with E-state index in [0.717, 1.165) is 18.7 Å². The second kappa shape index (κ2) is 4.19. The van der Waals surface area contributed by atoms with Gasteiger partial charge in [-0.2, -0.15) is 0 Å². The molecule has 2 aromatic rings. The lowest BCUT2D eigenvalue weighted by molar-refractivity contribution is 0.869. The minimum Gasteiger partial charge on any atom is -0.396 e. The highest BCUT2D eigenvalue weighted by Crippen LogP contribution is 2.11. The van der Waals surface area contributed by atoms with E-state index in [9.17, 15) is 0 Å². The normalized spacial score (nSPS) is 10.3. The van der Waals surface area contributed by atoms with Crippen molar-refractivity contribution in [2.75, 3.05) is 5.73 Å². The lowest BCUT2D eigenvalue weighted by Crippen LogP contribution is -1.98. The minimum absolute atomic E-state index is 0.616. The summed E-state index contributed by atoms with van der Waals surface area (Å²) in [6.45, 7) is 0. The van der Waals surface area contributed by atoms with E-state index in [4.69, 9.17) is 5.73 Å². The van der Waals surface area contributed by atoms with E-state index in [0.29, 0.717) is 5.69 Å². The molecule has 4 heteroatoms. The average molecular weight is 205 g/mol. The van der Waals surface area contributed by atoms with Gasteiger partial charge in [-0.15, -0.1) is 11.3 Å². The Morgan fingerprint density at radius 2 is 2.00 bits per heavy atom. The standard InChI is InChI=1S/C10H11N3S/c11-8-6-12-10(13-7-8)4-3-9-2-1-5-14-9/h1-2,5-7H,3-4,11H2. The summed E-state index contributed by atoms with van der Waals surface area (Å²) in [5, 5.41) is 2.08. The molecular weight excluding hydrogens is 194 g/mol. The molecule has 0 spiro atoms. The van der Waals surface area contributed by atoms with Gasteiger partial charge in [-0.3, -0.25) is 0 Å². The topological polar surface area (TPSA) is 51.8 Å². The summed E-state index contributed by atoms with van der Waals surface area (Å²) in [5.41, 5.74) is 6.11. The Balaban J connectivity index is 1.95. The van der Waals surface area contributed by atoms with Crippen molar-refractivity contribution in [2.24, 2.45) is 0 Å². The lowest BCUT2D eigenvalue weighted by atomic mass is 10.2. The molecule has 0 aliphatic heterocycles. The van der Waals surface area contributed by atoms with Crippen LogP contribution in [0.15, 0.2) is 29.9 Å². The average Bonchev–Trinajstić information content (AvgIpc) is 2.70. The summed E-state index contributed by atoms with van der Waals surface area (Å²) in [6.07, 6.45) is 5.18. The van der Waals surface area contributed by atoms with E-state index in [1.807, 2.05) is 0 Å². The molecule has 0 amide bonds. The molecule has 2 rings (SSSR count). The number of hydrogen-bond donors (Lipinski definition) is 1. The van der Waals surface area contributed by atoms with Gasteiger partial charge < -0.3 is 5.73 Å². The summed E-state index contributed by atoms with van der Waals surface area (Å²) < 4.78 is 0. The van der Waals surface area contributed by atoms with E-state index in [1.54, 1.807) is 23.7 Å². The number of aryl methyl sites for hydroxylation is 2. The number of nitrogens with zero attached hydrogens (tertiary/aromatic N) is 2. The van der Waals surface area contributed by atoms with Crippen molar-refractivity contribution in [1.29, 1.82) is 0 Å². The fourth-order valence-corrected chi connectivity index (χ4v) is 1.89. The van der Waals surface area contributed by atoms with Gasteiger partial charge in [0, 0.05) is 11.3 Å². The van der Waals surface area contributed by atoms with Crippen molar-refractivity contribution in [2.45, 2.75) is 12.8 Å². The molecule has 0 radical (unpaired) electrons. The largest absolute Gasteiger partial charge is 0.396 e. The molecule has 0 saturated carbocycles. The van der Waals surface area contributed by atoms with Gasteiger partial charge in [0.05, 0.1) is 18.1 Å². The van der Waals surface area contributed by atoms with Crippen LogP contribution in [0.5, 0.6) is 0 Å². The molecule has 0 aliphatic carbocycles. The molecule has 3 nitrogen and oxygen atoms in total. The van der Waals surface area contributed by atoms with E-state index in [-0.39, 0.29) is 0 Å². The van der Waals surface area contributed by atoms with E-state index in [1.165, 1.54) is 4.88 Å². The molecule has 2 N–H and O–H groups in total. The van der Waals surface area contributed by atoms with Crippen molar-refractivity contribution in [1.82, 2.24) is 9.97 Å². The fraction of sp³-hybridized carbons (Fsp3) is 0.200. The highest BCUT2D eigenvalue weighted by molar-refractivity contribution is 7.09. The number of anilines is 1. The number of thiophene rings is 1. The monoisotopic (exact) mass is 205 g/mol. The molecule has 0 fully saturated rings.